The van der Waals surface area contributed by atoms with Crippen molar-refractivity contribution in [3.8, 4) is 11.1 Å². The van der Waals surface area contributed by atoms with E-state index < -0.39 is 0 Å². The van der Waals surface area contributed by atoms with Gasteiger partial charge in [-0.3, -0.25) is 9.20 Å². The molecule has 0 fully saturated rings. The maximum absolute atomic E-state index is 13.1. The number of hydrogen-bond donors (Lipinski definition) is 1. The molecule has 5 rings (SSSR count). The number of fused-ring (bicyclic) bond motifs is 4. The van der Waals surface area contributed by atoms with E-state index in [0.717, 1.165) is 53.9 Å². The highest BCUT2D eigenvalue weighted by molar-refractivity contribution is 7.26. The van der Waals surface area contributed by atoms with E-state index in [4.69, 9.17) is 10.7 Å². The molecule has 6 heteroatoms. The zero-order chi connectivity index (χ0) is 23.7. The summed E-state index contributed by atoms with van der Waals surface area (Å²) in [5, 5.41) is 2.34. The molecule has 0 radical (unpaired) electrons. The van der Waals surface area contributed by atoms with Gasteiger partial charge in [0.25, 0.3) is 5.56 Å². The van der Waals surface area contributed by atoms with Crippen LogP contribution in [-0.4, -0.2) is 22.5 Å². The Hall–Kier alpha value is -3.38. The van der Waals surface area contributed by atoms with Gasteiger partial charge in [-0.1, -0.05) is 44.9 Å². The van der Waals surface area contributed by atoms with Crippen molar-refractivity contribution in [2.45, 2.75) is 39.5 Å². The number of aromatic nitrogens is 2. The molecule has 0 spiro atoms. The van der Waals surface area contributed by atoms with Gasteiger partial charge in [0.2, 0.25) is 0 Å². The second kappa shape index (κ2) is 9.47. The highest BCUT2D eigenvalue weighted by Gasteiger charge is 2.16. The Morgan fingerprint density at radius 1 is 0.941 bits per heavy atom. The first-order valence-corrected chi connectivity index (χ1v) is 12.9. The van der Waals surface area contributed by atoms with Gasteiger partial charge in [0, 0.05) is 62.3 Å². The normalized spacial score (nSPS) is 11.6. The van der Waals surface area contributed by atoms with Crippen molar-refractivity contribution < 1.29 is 0 Å². The lowest BCUT2D eigenvalue weighted by atomic mass is 10.0. The fourth-order valence-electron chi connectivity index (χ4n) is 4.68. The second-order valence-electron chi connectivity index (χ2n) is 8.80. The van der Waals surface area contributed by atoms with Crippen molar-refractivity contribution in [3.63, 3.8) is 0 Å². The summed E-state index contributed by atoms with van der Waals surface area (Å²) in [5.74, 6) is 0.770. The topological polar surface area (TPSA) is 63.6 Å². The molecule has 3 aromatic heterocycles. The average Bonchev–Trinajstić information content (AvgIpc) is 3.21. The van der Waals surface area contributed by atoms with Gasteiger partial charge in [-0.2, -0.15) is 0 Å². The Balaban J connectivity index is 1.71. The summed E-state index contributed by atoms with van der Waals surface area (Å²) in [6.45, 7) is 6.18. The Bertz CT molecular complexity index is 1530. The van der Waals surface area contributed by atoms with Crippen LogP contribution in [0.2, 0.25) is 0 Å². The number of unbranched alkanes of at least 4 members (excludes halogenated alkanes) is 2. The van der Waals surface area contributed by atoms with E-state index in [1.165, 1.54) is 27.6 Å². The maximum Gasteiger partial charge on any atom is 0.259 e. The molecule has 5 nitrogen and oxygen atoms in total. The van der Waals surface area contributed by atoms with Crippen LogP contribution >= 0.6 is 11.3 Å². The number of nitrogen functional groups attached to an aromatic ring is 1. The predicted molar refractivity (Wildman–Crippen MR) is 146 cm³/mol. The van der Waals surface area contributed by atoms with Gasteiger partial charge >= 0.3 is 0 Å². The molecular weight excluding hydrogens is 440 g/mol. The third-order valence-corrected chi connectivity index (χ3v) is 7.56. The van der Waals surface area contributed by atoms with Crippen LogP contribution in [0.3, 0.4) is 0 Å². The molecule has 2 aromatic carbocycles. The average molecular weight is 471 g/mol. The molecule has 0 unspecified atom stereocenters. The minimum Gasteiger partial charge on any atom is -0.399 e. The molecule has 0 atom stereocenters. The quantitative estimate of drug-likeness (QED) is 0.202. The fraction of sp³-hybridized carbons (Fsp3) is 0.286. The molecule has 0 aliphatic heterocycles. The van der Waals surface area contributed by atoms with Gasteiger partial charge < -0.3 is 10.6 Å². The standard InChI is InChI=1S/C28H30N4OS/c1-3-5-6-15-31(14-4-2)25-18-26(33)32-16-8-11-22(28(32)30-25)20-9-7-10-21-23-17-19(29)12-13-24(23)34-27(20)21/h7-13,16-18H,3-6,14-15,29H2,1-2H3. The lowest BCUT2D eigenvalue weighted by Crippen LogP contribution is -2.28. The van der Waals surface area contributed by atoms with Crippen LogP contribution in [-0.2, 0) is 0 Å². The summed E-state index contributed by atoms with van der Waals surface area (Å²) < 4.78 is 4.05. The van der Waals surface area contributed by atoms with E-state index in [1.807, 2.05) is 24.4 Å². The molecule has 0 saturated heterocycles. The highest BCUT2D eigenvalue weighted by atomic mass is 32.1. The zero-order valence-electron chi connectivity index (χ0n) is 19.8. The number of thiophene rings is 1. The summed E-state index contributed by atoms with van der Waals surface area (Å²) in [7, 11) is 0. The van der Waals surface area contributed by atoms with Gasteiger partial charge in [-0.25, -0.2) is 4.98 Å². The van der Waals surface area contributed by atoms with E-state index in [9.17, 15) is 4.79 Å². The molecule has 2 N–H and O–H groups in total. The van der Waals surface area contributed by atoms with Gasteiger partial charge in [-0.15, -0.1) is 11.3 Å². The first-order valence-electron chi connectivity index (χ1n) is 12.1. The summed E-state index contributed by atoms with van der Waals surface area (Å²) in [5.41, 5.74) is 9.56. The SMILES string of the molecule is CCCCCN(CCC)c1cc(=O)n2cccc(-c3cccc4c3sc3ccc(N)cc34)c2n1. The number of anilines is 2. The molecule has 0 saturated carbocycles. The number of pyridine rings is 1. The van der Waals surface area contributed by atoms with E-state index in [2.05, 4.69) is 49.1 Å². The smallest absolute Gasteiger partial charge is 0.259 e. The third kappa shape index (κ3) is 4.03. The maximum atomic E-state index is 13.1. The van der Waals surface area contributed by atoms with Crippen LogP contribution in [0.5, 0.6) is 0 Å². The van der Waals surface area contributed by atoms with Crippen molar-refractivity contribution in [3.05, 3.63) is 71.1 Å². The van der Waals surface area contributed by atoms with Crippen molar-refractivity contribution in [2.24, 2.45) is 0 Å². The Morgan fingerprint density at radius 3 is 2.62 bits per heavy atom. The van der Waals surface area contributed by atoms with Crippen LogP contribution in [0.4, 0.5) is 11.5 Å². The van der Waals surface area contributed by atoms with E-state index in [-0.39, 0.29) is 5.56 Å². The molecule has 0 amide bonds. The molecule has 174 valence electrons. The zero-order valence-corrected chi connectivity index (χ0v) is 20.6. The summed E-state index contributed by atoms with van der Waals surface area (Å²) in [6, 6.07) is 18.1. The fourth-order valence-corrected chi connectivity index (χ4v) is 5.89. The van der Waals surface area contributed by atoms with Crippen LogP contribution in [0.15, 0.2) is 65.6 Å². The van der Waals surface area contributed by atoms with Crippen molar-refractivity contribution >= 4 is 48.7 Å². The van der Waals surface area contributed by atoms with Crippen LogP contribution in [0.1, 0.15) is 39.5 Å². The Kier molecular flexibility index (Phi) is 6.24. The summed E-state index contributed by atoms with van der Waals surface area (Å²) in [6.07, 6.45) is 6.27. The minimum absolute atomic E-state index is 0.0465. The van der Waals surface area contributed by atoms with Crippen LogP contribution in [0.25, 0.3) is 36.9 Å². The molecule has 5 aromatic rings. The first-order chi connectivity index (χ1) is 16.6. The van der Waals surface area contributed by atoms with Crippen LogP contribution < -0.4 is 16.2 Å². The molecule has 0 aliphatic rings. The number of nitrogens with zero attached hydrogens (tertiary/aromatic N) is 3. The van der Waals surface area contributed by atoms with Gasteiger partial charge in [0.05, 0.1) is 0 Å². The van der Waals surface area contributed by atoms with E-state index in [0.29, 0.717) is 5.65 Å². The molecule has 34 heavy (non-hydrogen) atoms. The van der Waals surface area contributed by atoms with Gasteiger partial charge in [0.15, 0.2) is 0 Å². The number of hydrogen-bond acceptors (Lipinski definition) is 5. The van der Waals surface area contributed by atoms with Crippen molar-refractivity contribution in [2.75, 3.05) is 23.7 Å². The minimum atomic E-state index is -0.0465. The number of benzene rings is 2. The van der Waals surface area contributed by atoms with Gasteiger partial charge in [0.1, 0.15) is 11.5 Å². The van der Waals surface area contributed by atoms with E-state index >= 15 is 0 Å². The summed E-state index contributed by atoms with van der Waals surface area (Å²) >= 11 is 1.76. The monoisotopic (exact) mass is 470 g/mol. The molecule has 0 bridgehead atoms. The lowest BCUT2D eigenvalue weighted by Gasteiger charge is -2.23. The van der Waals surface area contributed by atoms with E-state index in [1.54, 1.807) is 21.8 Å². The van der Waals surface area contributed by atoms with Crippen molar-refractivity contribution in [1.82, 2.24) is 9.38 Å². The molecule has 0 aliphatic carbocycles. The summed E-state index contributed by atoms with van der Waals surface area (Å²) in [4.78, 5) is 20.5. The third-order valence-electron chi connectivity index (χ3n) is 6.34. The molecule has 3 heterocycles. The second-order valence-corrected chi connectivity index (χ2v) is 9.85. The Labute approximate surface area is 203 Å². The van der Waals surface area contributed by atoms with Crippen molar-refractivity contribution in [1.29, 1.82) is 0 Å². The number of rotatable bonds is 8. The van der Waals surface area contributed by atoms with Crippen LogP contribution in [0, 0.1) is 0 Å². The lowest BCUT2D eigenvalue weighted by molar-refractivity contribution is 0.663. The number of nitrogens with two attached hydrogens (primary N) is 1. The Morgan fingerprint density at radius 2 is 1.79 bits per heavy atom. The highest BCUT2D eigenvalue weighted by Crippen LogP contribution is 2.41. The first kappa shape index (κ1) is 22.4. The van der Waals surface area contributed by atoms with Gasteiger partial charge in [-0.05, 0) is 43.2 Å². The largest absolute Gasteiger partial charge is 0.399 e. The molecular formula is C28H30N4OS. The predicted octanol–water partition coefficient (Wildman–Crippen LogP) is 6.72.